The Bertz CT molecular complexity index is 826. The van der Waals surface area contributed by atoms with Gasteiger partial charge in [0, 0.05) is 6.54 Å². The lowest BCUT2D eigenvalue weighted by molar-refractivity contribution is -0.156. The predicted molar refractivity (Wildman–Crippen MR) is 107 cm³/mol. The number of alkyl carbamates (subject to hydrolysis) is 1. The molecule has 0 bridgehead atoms. The van der Waals surface area contributed by atoms with E-state index in [0.717, 1.165) is 23.1 Å². The van der Waals surface area contributed by atoms with Crippen molar-refractivity contribution in [1.82, 2.24) is 5.32 Å². The Kier molecular flexibility index (Phi) is 6.02. The fourth-order valence-electron chi connectivity index (χ4n) is 3.08. The van der Waals surface area contributed by atoms with Crippen LogP contribution in [0.4, 0.5) is 4.79 Å². The molecule has 0 heterocycles. The number of carbonyl (C=O) groups is 2. The van der Waals surface area contributed by atoms with Gasteiger partial charge in [-0.2, -0.15) is 0 Å². The number of rotatable bonds is 6. The van der Waals surface area contributed by atoms with Gasteiger partial charge in [0.25, 0.3) is 0 Å². The van der Waals surface area contributed by atoms with Crippen LogP contribution in [-0.2, 0) is 27.4 Å². The molecule has 0 saturated heterocycles. The van der Waals surface area contributed by atoms with Crippen molar-refractivity contribution in [3.05, 3.63) is 71.3 Å². The Morgan fingerprint density at radius 1 is 1.04 bits per heavy atom. The third-order valence-corrected chi connectivity index (χ3v) is 4.53. The molecule has 1 amide bonds. The van der Waals surface area contributed by atoms with E-state index < -0.39 is 11.7 Å². The first-order valence-corrected chi connectivity index (χ1v) is 9.58. The molecule has 1 aliphatic carbocycles. The Morgan fingerprint density at radius 3 is 2.46 bits per heavy atom. The third-order valence-electron chi connectivity index (χ3n) is 4.53. The maximum atomic E-state index is 12.2. The van der Waals surface area contributed by atoms with Crippen molar-refractivity contribution in [1.29, 1.82) is 0 Å². The van der Waals surface area contributed by atoms with Crippen molar-refractivity contribution in [3.8, 4) is 0 Å². The van der Waals surface area contributed by atoms with Gasteiger partial charge in [-0.15, -0.1) is 0 Å². The molecule has 2 aromatic carbocycles. The van der Waals surface area contributed by atoms with Crippen molar-refractivity contribution in [2.75, 3.05) is 0 Å². The highest BCUT2D eigenvalue weighted by Gasteiger charge is 2.46. The summed E-state index contributed by atoms with van der Waals surface area (Å²) in [5.74, 6) is -0.0105. The molecule has 5 heteroatoms. The first kappa shape index (κ1) is 19.9. The van der Waals surface area contributed by atoms with Gasteiger partial charge in [-0.05, 0) is 49.8 Å². The normalized spacial score (nSPS) is 18.2. The first-order valence-electron chi connectivity index (χ1n) is 9.58. The van der Waals surface area contributed by atoms with Crippen LogP contribution in [0.5, 0.6) is 0 Å². The van der Waals surface area contributed by atoms with Gasteiger partial charge in [-0.3, -0.25) is 4.79 Å². The minimum absolute atomic E-state index is 0.0710. The van der Waals surface area contributed by atoms with Crippen LogP contribution in [0.25, 0.3) is 0 Å². The molecule has 3 rings (SSSR count). The summed E-state index contributed by atoms with van der Waals surface area (Å²) in [5.41, 5.74) is 2.56. The number of benzene rings is 2. The maximum absolute atomic E-state index is 12.2. The van der Waals surface area contributed by atoms with Crippen LogP contribution in [0.1, 0.15) is 49.8 Å². The Labute approximate surface area is 166 Å². The molecule has 28 heavy (non-hydrogen) atoms. The average Bonchev–Trinajstić information content (AvgIpc) is 3.46. The molecule has 0 aromatic heterocycles. The second-order valence-electron chi connectivity index (χ2n) is 8.14. The zero-order valence-electron chi connectivity index (χ0n) is 16.6. The van der Waals surface area contributed by atoms with E-state index in [2.05, 4.69) is 5.32 Å². The molecule has 0 aliphatic heterocycles. The van der Waals surface area contributed by atoms with Gasteiger partial charge in [0.05, 0.1) is 5.92 Å². The summed E-state index contributed by atoms with van der Waals surface area (Å²) in [6.07, 6.45) is 0.359. The van der Waals surface area contributed by atoms with E-state index in [-0.39, 0.29) is 24.4 Å². The van der Waals surface area contributed by atoms with Gasteiger partial charge >= 0.3 is 12.1 Å². The largest absolute Gasteiger partial charge is 0.460 e. The SMILES string of the molecule is CC(C)(C)OC(=O)[C@@H]1C[C@H]1c1cccc(CNC(=O)OCc2ccccc2)c1. The molecule has 0 spiro atoms. The first-order chi connectivity index (χ1) is 13.3. The lowest BCUT2D eigenvalue weighted by Gasteiger charge is -2.19. The molecule has 1 aliphatic rings. The number of hydrogen-bond donors (Lipinski definition) is 1. The van der Waals surface area contributed by atoms with E-state index in [0.29, 0.717) is 6.54 Å². The zero-order chi connectivity index (χ0) is 20.1. The second-order valence-corrected chi connectivity index (χ2v) is 8.14. The van der Waals surface area contributed by atoms with E-state index >= 15 is 0 Å². The van der Waals surface area contributed by atoms with Gasteiger partial charge in [-0.25, -0.2) is 4.79 Å². The van der Waals surface area contributed by atoms with Crippen LogP contribution in [0.2, 0.25) is 0 Å². The van der Waals surface area contributed by atoms with Crippen LogP contribution < -0.4 is 5.32 Å². The van der Waals surface area contributed by atoms with Gasteiger partial charge in [0.15, 0.2) is 0 Å². The number of amides is 1. The van der Waals surface area contributed by atoms with Crippen LogP contribution in [0.15, 0.2) is 54.6 Å². The summed E-state index contributed by atoms with van der Waals surface area (Å²) in [6.45, 7) is 6.26. The van der Waals surface area contributed by atoms with Crippen molar-refractivity contribution >= 4 is 12.1 Å². The summed E-state index contributed by atoms with van der Waals surface area (Å²) in [5, 5.41) is 2.77. The van der Waals surface area contributed by atoms with Crippen LogP contribution in [0, 0.1) is 5.92 Å². The molecular weight excluding hydrogens is 354 g/mol. The third kappa shape index (κ3) is 5.84. The number of nitrogens with one attached hydrogen (secondary N) is 1. The van der Waals surface area contributed by atoms with Crippen LogP contribution in [0.3, 0.4) is 0 Å². The predicted octanol–water partition coefficient (Wildman–Crippen LogP) is 4.56. The quantitative estimate of drug-likeness (QED) is 0.745. The number of esters is 1. The molecular formula is C23H27NO4. The lowest BCUT2D eigenvalue weighted by atomic mass is 10.1. The summed E-state index contributed by atoms with van der Waals surface area (Å²) in [6, 6.07) is 17.5. The molecule has 2 aromatic rings. The summed E-state index contributed by atoms with van der Waals surface area (Å²) < 4.78 is 10.7. The van der Waals surface area contributed by atoms with Crippen LogP contribution in [-0.4, -0.2) is 17.7 Å². The molecule has 1 saturated carbocycles. The lowest BCUT2D eigenvalue weighted by Crippen LogP contribution is -2.25. The highest BCUT2D eigenvalue weighted by molar-refractivity contribution is 5.77. The summed E-state index contributed by atoms with van der Waals surface area (Å²) in [4.78, 5) is 24.1. The highest BCUT2D eigenvalue weighted by atomic mass is 16.6. The fourth-order valence-corrected chi connectivity index (χ4v) is 3.08. The number of ether oxygens (including phenoxy) is 2. The van der Waals surface area contributed by atoms with Crippen molar-refractivity contribution in [2.45, 2.75) is 51.9 Å². The van der Waals surface area contributed by atoms with E-state index in [1.54, 1.807) is 0 Å². The van der Waals surface area contributed by atoms with E-state index in [1.165, 1.54) is 0 Å². The highest BCUT2D eigenvalue weighted by Crippen LogP contribution is 2.48. The molecule has 1 N–H and O–H groups in total. The van der Waals surface area contributed by atoms with E-state index in [1.807, 2.05) is 75.4 Å². The van der Waals surface area contributed by atoms with Gasteiger partial charge in [0.1, 0.15) is 12.2 Å². The average molecular weight is 381 g/mol. The maximum Gasteiger partial charge on any atom is 0.407 e. The summed E-state index contributed by atoms with van der Waals surface area (Å²) >= 11 is 0. The number of carbonyl (C=O) groups excluding carboxylic acids is 2. The fraction of sp³-hybridized carbons (Fsp3) is 0.391. The smallest absolute Gasteiger partial charge is 0.407 e. The summed E-state index contributed by atoms with van der Waals surface area (Å²) in [7, 11) is 0. The van der Waals surface area contributed by atoms with Gasteiger partial charge in [0.2, 0.25) is 0 Å². The van der Waals surface area contributed by atoms with E-state index in [4.69, 9.17) is 9.47 Å². The minimum Gasteiger partial charge on any atom is -0.460 e. The molecule has 0 radical (unpaired) electrons. The Morgan fingerprint density at radius 2 is 1.75 bits per heavy atom. The molecule has 1 fully saturated rings. The van der Waals surface area contributed by atoms with Gasteiger partial charge < -0.3 is 14.8 Å². The Balaban J connectivity index is 1.48. The van der Waals surface area contributed by atoms with E-state index in [9.17, 15) is 9.59 Å². The van der Waals surface area contributed by atoms with Crippen molar-refractivity contribution in [2.24, 2.45) is 5.92 Å². The molecule has 2 atom stereocenters. The minimum atomic E-state index is -0.462. The van der Waals surface area contributed by atoms with Crippen LogP contribution >= 0.6 is 0 Å². The standard InChI is InChI=1S/C23H27NO4/c1-23(2,3)28-21(25)20-13-19(20)18-11-7-10-17(12-18)14-24-22(26)27-15-16-8-5-4-6-9-16/h4-12,19-20H,13-15H2,1-3H3,(H,24,26)/t19-,20+/m0/s1. The monoisotopic (exact) mass is 381 g/mol. The topological polar surface area (TPSA) is 64.6 Å². The Hall–Kier alpha value is -2.82. The molecule has 0 unspecified atom stereocenters. The molecule has 5 nitrogen and oxygen atoms in total. The van der Waals surface area contributed by atoms with Crippen molar-refractivity contribution in [3.63, 3.8) is 0 Å². The number of hydrogen-bond acceptors (Lipinski definition) is 4. The second kappa shape index (κ2) is 8.46. The zero-order valence-corrected chi connectivity index (χ0v) is 16.6. The molecule has 148 valence electrons. The van der Waals surface area contributed by atoms with Gasteiger partial charge in [-0.1, -0.05) is 54.6 Å². The van der Waals surface area contributed by atoms with Crippen molar-refractivity contribution < 1.29 is 19.1 Å².